The van der Waals surface area contributed by atoms with Crippen molar-refractivity contribution in [1.29, 1.82) is 0 Å². The molecule has 148 valence electrons. The number of nitrogens with zero attached hydrogens (tertiary/aromatic N) is 2. The maximum absolute atomic E-state index is 12.9. The molecule has 1 amide bonds. The molecule has 1 heterocycles. The molecule has 1 aliphatic heterocycles. The molecule has 0 aromatic heterocycles. The number of nitrogens with one attached hydrogen (secondary N) is 1. The average molecular weight is 401 g/mol. The van der Waals surface area contributed by atoms with E-state index in [0.717, 1.165) is 12.2 Å². The van der Waals surface area contributed by atoms with E-state index in [2.05, 4.69) is 17.6 Å². The van der Waals surface area contributed by atoms with Gasteiger partial charge < -0.3 is 4.74 Å². The molecule has 1 saturated heterocycles. The second kappa shape index (κ2) is 9.68. The molecule has 0 bridgehead atoms. The smallest absolute Gasteiger partial charge is 0.270 e. The van der Waals surface area contributed by atoms with Gasteiger partial charge in [0.25, 0.3) is 11.6 Å². The van der Waals surface area contributed by atoms with Gasteiger partial charge in [-0.3, -0.25) is 14.9 Å². The zero-order valence-corrected chi connectivity index (χ0v) is 16.4. The molecule has 3 rings (SSSR count). The predicted octanol–water partition coefficient (Wildman–Crippen LogP) is 3.86. The highest BCUT2D eigenvalue weighted by molar-refractivity contribution is 7.99. The third kappa shape index (κ3) is 5.09. The molecule has 2 aromatic carbocycles. The van der Waals surface area contributed by atoms with Gasteiger partial charge in [0, 0.05) is 47.4 Å². The Morgan fingerprint density at radius 1 is 1.25 bits per heavy atom. The van der Waals surface area contributed by atoms with Crippen molar-refractivity contribution >= 4 is 23.4 Å². The van der Waals surface area contributed by atoms with Crippen LogP contribution in [0, 0.1) is 10.1 Å². The minimum atomic E-state index is -0.480. The van der Waals surface area contributed by atoms with E-state index in [0.29, 0.717) is 18.6 Å². The maximum Gasteiger partial charge on any atom is 0.270 e. The van der Waals surface area contributed by atoms with Crippen molar-refractivity contribution in [2.45, 2.75) is 36.9 Å². The Kier molecular flexibility index (Phi) is 7.02. The molecule has 8 heteroatoms. The zero-order chi connectivity index (χ0) is 19.9. The third-order valence-corrected chi connectivity index (χ3v) is 5.52. The lowest BCUT2D eigenvalue weighted by atomic mass is 10.2. The molecule has 0 saturated carbocycles. The van der Waals surface area contributed by atoms with Crippen molar-refractivity contribution in [3.63, 3.8) is 0 Å². The summed E-state index contributed by atoms with van der Waals surface area (Å²) in [6.45, 7) is 2.59. The fourth-order valence-electron chi connectivity index (χ4n) is 2.95. The summed E-state index contributed by atoms with van der Waals surface area (Å²) in [5.74, 6) is 0.559. The Bertz CT molecular complexity index is 801. The molecule has 1 N–H and O–H groups in total. The van der Waals surface area contributed by atoms with Crippen molar-refractivity contribution < 1.29 is 14.5 Å². The van der Waals surface area contributed by atoms with Crippen molar-refractivity contribution in [3.05, 3.63) is 70.3 Å². The lowest BCUT2D eigenvalue weighted by Gasteiger charge is -2.24. The number of thioether (sulfide) groups is 1. The fourth-order valence-corrected chi connectivity index (χ4v) is 3.90. The topological polar surface area (TPSA) is 84.7 Å². The number of amides is 1. The third-order valence-electron chi connectivity index (χ3n) is 4.35. The summed E-state index contributed by atoms with van der Waals surface area (Å²) >= 11 is 1.73. The van der Waals surface area contributed by atoms with Crippen LogP contribution in [0.2, 0.25) is 0 Å². The minimum Gasteiger partial charge on any atom is -0.357 e. The summed E-state index contributed by atoms with van der Waals surface area (Å²) in [6.07, 6.45) is 1.20. The van der Waals surface area contributed by atoms with Gasteiger partial charge in [-0.05, 0) is 30.7 Å². The molecule has 7 nitrogen and oxygen atoms in total. The molecule has 0 radical (unpaired) electrons. The van der Waals surface area contributed by atoms with Crippen LogP contribution in [0.5, 0.6) is 0 Å². The summed E-state index contributed by atoms with van der Waals surface area (Å²) < 4.78 is 5.88. The Morgan fingerprint density at radius 2 is 1.96 bits per heavy atom. The molecule has 0 spiro atoms. The summed E-state index contributed by atoms with van der Waals surface area (Å²) in [5.41, 5.74) is 3.61. The molecule has 1 fully saturated rings. The van der Waals surface area contributed by atoms with Crippen LogP contribution in [-0.4, -0.2) is 40.5 Å². The number of rotatable bonds is 8. The molecule has 2 aromatic rings. The number of nitro benzene ring substituents is 1. The first-order valence-electron chi connectivity index (χ1n) is 9.22. The number of nitro groups is 1. The SMILES string of the molecule is CCCOC1CC(CSc2ccccc2)NN1C(=O)c1ccc([N+](=O)[O-])cc1. The van der Waals surface area contributed by atoms with Gasteiger partial charge in [-0.1, -0.05) is 25.1 Å². The van der Waals surface area contributed by atoms with Crippen LogP contribution in [-0.2, 0) is 4.74 Å². The largest absolute Gasteiger partial charge is 0.357 e. The normalized spacial score (nSPS) is 19.0. The van der Waals surface area contributed by atoms with E-state index < -0.39 is 4.92 Å². The standard InChI is InChI=1S/C20H23N3O4S/c1-2-12-27-19-13-16(14-28-18-6-4-3-5-7-18)21-22(19)20(24)15-8-10-17(11-9-15)23(25)26/h3-11,16,19,21H,2,12-14H2,1H3. The van der Waals surface area contributed by atoms with Crippen molar-refractivity contribution in [3.8, 4) is 0 Å². The van der Waals surface area contributed by atoms with Crippen molar-refractivity contribution in [2.75, 3.05) is 12.4 Å². The number of hydrogen-bond donors (Lipinski definition) is 1. The lowest BCUT2D eigenvalue weighted by molar-refractivity contribution is -0.384. The van der Waals surface area contributed by atoms with Crippen LogP contribution in [0.1, 0.15) is 30.1 Å². The van der Waals surface area contributed by atoms with Crippen LogP contribution in [0.25, 0.3) is 0 Å². The Hall–Kier alpha value is -2.42. The highest BCUT2D eigenvalue weighted by Crippen LogP contribution is 2.25. The van der Waals surface area contributed by atoms with Gasteiger partial charge in [0.2, 0.25) is 0 Å². The number of carbonyl (C=O) groups is 1. The van der Waals surface area contributed by atoms with Gasteiger partial charge in [0.15, 0.2) is 0 Å². The summed E-state index contributed by atoms with van der Waals surface area (Å²) in [5, 5.41) is 12.3. The van der Waals surface area contributed by atoms with E-state index in [1.54, 1.807) is 11.8 Å². The highest BCUT2D eigenvalue weighted by atomic mass is 32.2. The predicted molar refractivity (Wildman–Crippen MR) is 108 cm³/mol. The van der Waals surface area contributed by atoms with Gasteiger partial charge in [0.05, 0.1) is 4.92 Å². The Morgan fingerprint density at radius 3 is 2.61 bits per heavy atom. The van der Waals surface area contributed by atoms with Crippen LogP contribution in [0.3, 0.4) is 0 Å². The summed E-state index contributed by atoms with van der Waals surface area (Å²) in [7, 11) is 0. The molecule has 28 heavy (non-hydrogen) atoms. The van der Waals surface area contributed by atoms with Crippen molar-refractivity contribution in [2.24, 2.45) is 0 Å². The van der Waals surface area contributed by atoms with E-state index >= 15 is 0 Å². The Balaban J connectivity index is 1.67. The summed E-state index contributed by atoms with van der Waals surface area (Å²) in [4.78, 5) is 24.4. The molecule has 2 atom stereocenters. The molecule has 2 unspecified atom stereocenters. The molecule has 0 aliphatic carbocycles. The van der Waals surface area contributed by atoms with Crippen molar-refractivity contribution in [1.82, 2.24) is 10.4 Å². The van der Waals surface area contributed by atoms with Gasteiger partial charge in [-0.25, -0.2) is 10.4 Å². The number of hydrazine groups is 1. The van der Waals surface area contributed by atoms with Gasteiger partial charge in [0.1, 0.15) is 6.23 Å². The minimum absolute atomic E-state index is 0.0400. The van der Waals surface area contributed by atoms with Crippen LogP contribution >= 0.6 is 11.8 Å². The first kappa shape index (κ1) is 20.3. The number of non-ortho nitro benzene ring substituents is 1. The first-order valence-corrected chi connectivity index (χ1v) is 10.2. The Labute approximate surface area is 168 Å². The van der Waals surface area contributed by atoms with Gasteiger partial charge >= 0.3 is 0 Å². The van der Waals surface area contributed by atoms with E-state index in [1.807, 2.05) is 25.1 Å². The van der Waals surface area contributed by atoms with Gasteiger partial charge in [-0.2, -0.15) is 0 Å². The van der Waals surface area contributed by atoms with Crippen LogP contribution < -0.4 is 5.43 Å². The van der Waals surface area contributed by atoms with Gasteiger partial charge in [-0.15, -0.1) is 11.8 Å². The molecular formula is C20H23N3O4S. The van der Waals surface area contributed by atoms with E-state index in [9.17, 15) is 14.9 Å². The monoisotopic (exact) mass is 401 g/mol. The molecule has 1 aliphatic rings. The number of benzene rings is 2. The lowest BCUT2D eigenvalue weighted by Crippen LogP contribution is -2.45. The fraction of sp³-hybridized carbons (Fsp3) is 0.350. The quantitative estimate of drug-likeness (QED) is 0.411. The number of ether oxygens (including phenoxy) is 1. The second-order valence-corrected chi connectivity index (χ2v) is 7.58. The molecular weight excluding hydrogens is 378 g/mol. The second-order valence-electron chi connectivity index (χ2n) is 6.49. The zero-order valence-electron chi connectivity index (χ0n) is 15.6. The average Bonchev–Trinajstić information content (AvgIpc) is 3.14. The number of hydrogen-bond acceptors (Lipinski definition) is 6. The summed E-state index contributed by atoms with van der Waals surface area (Å²) in [6, 6.07) is 15.8. The van der Waals surface area contributed by atoms with E-state index in [-0.39, 0.29) is 23.9 Å². The first-order chi connectivity index (χ1) is 13.6. The highest BCUT2D eigenvalue weighted by Gasteiger charge is 2.36. The van der Waals surface area contributed by atoms with Crippen LogP contribution in [0.15, 0.2) is 59.5 Å². The number of carbonyl (C=O) groups excluding carboxylic acids is 1. The maximum atomic E-state index is 12.9. The van der Waals surface area contributed by atoms with E-state index in [1.165, 1.54) is 34.2 Å². The van der Waals surface area contributed by atoms with E-state index in [4.69, 9.17) is 4.74 Å². The van der Waals surface area contributed by atoms with Crippen LogP contribution in [0.4, 0.5) is 5.69 Å².